The van der Waals surface area contributed by atoms with Crippen LogP contribution in [0.2, 0.25) is 0 Å². The molecule has 0 aromatic heterocycles. The molecule has 1 unspecified atom stereocenters. The highest BCUT2D eigenvalue weighted by molar-refractivity contribution is 5.87. The first-order chi connectivity index (χ1) is 10.1. The Morgan fingerprint density at radius 3 is 2.86 bits per heavy atom. The molecule has 0 saturated carbocycles. The fraction of sp³-hybridized carbons (Fsp3) is 0.357. The average molecular weight is 291 g/mol. The Kier molecular flexibility index (Phi) is 6.63. The van der Waals surface area contributed by atoms with Crippen molar-refractivity contribution >= 4 is 12.0 Å². The van der Waals surface area contributed by atoms with Gasteiger partial charge in [0.1, 0.15) is 0 Å². The summed E-state index contributed by atoms with van der Waals surface area (Å²) in [5, 5.41) is 21.9. The number of unbranched alkanes of at least 4 members (excludes halogenated alkanes) is 1. The van der Waals surface area contributed by atoms with Crippen molar-refractivity contribution in [1.29, 1.82) is 0 Å². The van der Waals surface area contributed by atoms with Gasteiger partial charge >= 0.3 is 5.97 Å². The highest BCUT2D eigenvalue weighted by atomic mass is 16.6. The number of benzene rings is 1. The van der Waals surface area contributed by atoms with Crippen LogP contribution in [0.1, 0.15) is 31.7 Å². The molecule has 0 heterocycles. The minimum absolute atomic E-state index is 0.238. The monoisotopic (exact) mass is 291 g/mol. The van der Waals surface area contributed by atoms with Crippen molar-refractivity contribution in [3.63, 3.8) is 0 Å². The quantitative estimate of drug-likeness (QED) is 0.200. The summed E-state index contributed by atoms with van der Waals surface area (Å²) in [6.07, 6.45) is 3.93. The normalized spacial score (nSPS) is 11.9. The van der Waals surface area contributed by atoms with Crippen molar-refractivity contribution in [2.75, 3.05) is 0 Å². The molecule has 0 aliphatic rings. The van der Waals surface area contributed by atoms with Gasteiger partial charge in [0.25, 0.3) is 0 Å². The van der Waals surface area contributed by atoms with Gasteiger partial charge in [-0.1, -0.05) is 19.4 Å². The maximum atomic E-state index is 11.6. The first-order valence-electron chi connectivity index (χ1n) is 6.51. The summed E-state index contributed by atoms with van der Waals surface area (Å²) in [5.74, 6) is -1.16. The zero-order valence-corrected chi connectivity index (χ0v) is 11.6. The highest BCUT2D eigenvalue weighted by Gasteiger charge is 2.10. The molecule has 112 valence electrons. The molecule has 7 heteroatoms. The molecule has 0 spiro atoms. The number of phenolic OH excluding ortho intramolecular Hbond substituents is 2. The van der Waals surface area contributed by atoms with Crippen LogP contribution in [0.5, 0.6) is 11.5 Å². The molecular formula is C14H17N3O4. The first-order valence-corrected chi connectivity index (χ1v) is 6.51. The minimum Gasteiger partial charge on any atom is -0.504 e. The van der Waals surface area contributed by atoms with E-state index in [4.69, 9.17) is 15.4 Å². The van der Waals surface area contributed by atoms with E-state index < -0.39 is 12.2 Å². The molecule has 0 aliphatic carbocycles. The van der Waals surface area contributed by atoms with Gasteiger partial charge in [0.05, 0.1) is 0 Å². The Morgan fingerprint density at radius 1 is 1.48 bits per heavy atom. The topological polar surface area (TPSA) is 116 Å². The zero-order valence-electron chi connectivity index (χ0n) is 11.6. The number of rotatable bonds is 7. The summed E-state index contributed by atoms with van der Waals surface area (Å²) < 4.78 is 5.01. The highest BCUT2D eigenvalue weighted by Crippen LogP contribution is 2.25. The van der Waals surface area contributed by atoms with Crippen molar-refractivity contribution in [2.24, 2.45) is 5.11 Å². The Morgan fingerprint density at radius 2 is 2.24 bits per heavy atom. The lowest BCUT2D eigenvalue weighted by Gasteiger charge is -2.10. The van der Waals surface area contributed by atoms with Crippen LogP contribution in [0.3, 0.4) is 0 Å². The van der Waals surface area contributed by atoms with Crippen LogP contribution in [0.15, 0.2) is 29.4 Å². The molecule has 1 rings (SSSR count). The SMILES string of the molecule is CCCCC(N=[N+]=[N-])OC(=O)/C=C/c1ccc(O)c(O)c1. The van der Waals surface area contributed by atoms with Gasteiger partial charge < -0.3 is 14.9 Å². The van der Waals surface area contributed by atoms with Crippen molar-refractivity contribution in [2.45, 2.75) is 32.4 Å². The predicted molar refractivity (Wildman–Crippen MR) is 77.4 cm³/mol. The number of hydrogen-bond donors (Lipinski definition) is 2. The van der Waals surface area contributed by atoms with E-state index in [0.29, 0.717) is 12.0 Å². The van der Waals surface area contributed by atoms with E-state index in [-0.39, 0.29) is 11.5 Å². The Bertz CT molecular complexity index is 565. The van der Waals surface area contributed by atoms with E-state index in [0.717, 1.165) is 18.9 Å². The number of phenols is 2. The smallest absolute Gasteiger partial charge is 0.331 e. The number of carbonyl (C=O) groups is 1. The van der Waals surface area contributed by atoms with Gasteiger partial charge in [0, 0.05) is 11.0 Å². The van der Waals surface area contributed by atoms with Gasteiger partial charge in [-0.05, 0) is 47.3 Å². The predicted octanol–water partition coefficient (Wildman–Crippen LogP) is 3.48. The zero-order chi connectivity index (χ0) is 15.7. The Labute approximate surface area is 122 Å². The number of carbonyl (C=O) groups excluding carboxylic acids is 1. The van der Waals surface area contributed by atoms with Crippen LogP contribution in [0.25, 0.3) is 16.5 Å². The van der Waals surface area contributed by atoms with Crippen molar-refractivity contribution in [3.05, 3.63) is 40.3 Å². The summed E-state index contributed by atoms with van der Waals surface area (Å²) in [4.78, 5) is 14.3. The molecule has 0 bridgehead atoms. The number of aromatic hydroxyl groups is 2. The molecule has 0 radical (unpaired) electrons. The van der Waals surface area contributed by atoms with Gasteiger partial charge in [0.2, 0.25) is 0 Å². The van der Waals surface area contributed by atoms with E-state index >= 15 is 0 Å². The van der Waals surface area contributed by atoms with E-state index in [1.807, 2.05) is 6.92 Å². The number of ether oxygens (including phenoxy) is 1. The second-order valence-electron chi connectivity index (χ2n) is 4.32. The lowest BCUT2D eigenvalue weighted by atomic mass is 10.2. The van der Waals surface area contributed by atoms with Crippen molar-refractivity contribution < 1.29 is 19.7 Å². The van der Waals surface area contributed by atoms with Crippen LogP contribution in [-0.2, 0) is 9.53 Å². The number of nitrogens with zero attached hydrogens (tertiary/aromatic N) is 3. The summed E-state index contributed by atoms with van der Waals surface area (Å²) in [7, 11) is 0. The molecule has 1 aromatic carbocycles. The first kappa shape index (κ1) is 16.4. The molecule has 7 nitrogen and oxygen atoms in total. The summed E-state index contributed by atoms with van der Waals surface area (Å²) in [6, 6.07) is 4.15. The van der Waals surface area contributed by atoms with E-state index in [1.165, 1.54) is 24.3 Å². The molecule has 1 atom stereocenters. The lowest BCUT2D eigenvalue weighted by molar-refractivity contribution is -0.142. The van der Waals surface area contributed by atoms with Crippen molar-refractivity contribution in [3.8, 4) is 11.5 Å². The van der Waals surface area contributed by atoms with Crippen LogP contribution in [0.4, 0.5) is 0 Å². The molecule has 0 amide bonds. The van der Waals surface area contributed by atoms with E-state index in [2.05, 4.69) is 10.0 Å². The van der Waals surface area contributed by atoms with E-state index in [1.54, 1.807) is 0 Å². The third-order valence-corrected chi connectivity index (χ3v) is 2.65. The van der Waals surface area contributed by atoms with Crippen molar-refractivity contribution in [1.82, 2.24) is 0 Å². The van der Waals surface area contributed by atoms with Gasteiger partial charge in [-0.3, -0.25) is 0 Å². The number of azide groups is 1. The second kappa shape index (κ2) is 8.50. The van der Waals surface area contributed by atoms with Crippen LogP contribution < -0.4 is 0 Å². The minimum atomic E-state index is -0.819. The maximum Gasteiger partial charge on any atom is 0.331 e. The van der Waals surface area contributed by atoms with Crippen LogP contribution >= 0.6 is 0 Å². The standard InChI is InChI=1S/C14H17N3O4/c1-2-3-4-13(16-17-15)21-14(20)8-6-10-5-7-11(18)12(19)9-10/h5-9,13,18-19H,2-4H2,1H3/b8-6+. The van der Waals surface area contributed by atoms with Gasteiger partial charge in [-0.15, -0.1) is 0 Å². The second-order valence-corrected chi connectivity index (χ2v) is 4.32. The molecule has 2 N–H and O–H groups in total. The number of hydrogen-bond acceptors (Lipinski definition) is 5. The van der Waals surface area contributed by atoms with Gasteiger partial charge in [-0.25, -0.2) is 4.79 Å². The summed E-state index contributed by atoms with van der Waals surface area (Å²) in [6.45, 7) is 1.98. The van der Waals surface area contributed by atoms with Gasteiger partial charge in [-0.2, -0.15) is 0 Å². The molecule has 0 saturated heterocycles. The summed E-state index contributed by atoms with van der Waals surface area (Å²) >= 11 is 0. The molecule has 0 fully saturated rings. The Hall–Kier alpha value is -2.66. The molecule has 1 aromatic rings. The largest absolute Gasteiger partial charge is 0.504 e. The lowest BCUT2D eigenvalue weighted by Crippen LogP contribution is -2.13. The summed E-state index contributed by atoms with van der Waals surface area (Å²) in [5.41, 5.74) is 8.94. The maximum absolute atomic E-state index is 11.6. The fourth-order valence-electron chi connectivity index (χ4n) is 1.56. The molecular weight excluding hydrogens is 274 g/mol. The van der Waals surface area contributed by atoms with Crippen LogP contribution in [-0.4, -0.2) is 22.4 Å². The van der Waals surface area contributed by atoms with Gasteiger partial charge in [0.15, 0.2) is 17.7 Å². The Balaban J connectivity index is 2.63. The number of esters is 1. The van der Waals surface area contributed by atoms with Crippen LogP contribution in [0, 0.1) is 0 Å². The van der Waals surface area contributed by atoms with E-state index in [9.17, 15) is 9.90 Å². The molecule has 0 aliphatic heterocycles. The fourth-order valence-corrected chi connectivity index (χ4v) is 1.56. The molecule has 21 heavy (non-hydrogen) atoms. The average Bonchev–Trinajstić information content (AvgIpc) is 2.46. The third kappa shape index (κ3) is 5.88. The third-order valence-electron chi connectivity index (χ3n) is 2.65.